The van der Waals surface area contributed by atoms with Gasteiger partial charge in [-0.3, -0.25) is 0 Å². The number of fused-ring (bicyclic) bond motifs is 7. The van der Waals surface area contributed by atoms with Crippen LogP contribution in [-0.4, -0.2) is 15.0 Å². The summed E-state index contributed by atoms with van der Waals surface area (Å²) in [6.07, 6.45) is 6.49. The summed E-state index contributed by atoms with van der Waals surface area (Å²) in [5.41, 5.74) is 12.0. The van der Waals surface area contributed by atoms with E-state index in [1.54, 1.807) is 11.3 Å². The minimum absolute atomic E-state index is 0.534. The van der Waals surface area contributed by atoms with Gasteiger partial charge in [0, 0.05) is 31.2 Å². The number of allylic oxidation sites excluding steroid dienone is 5. The predicted molar refractivity (Wildman–Crippen MR) is 226 cm³/mol. The minimum atomic E-state index is -0.534. The number of aromatic nitrogens is 3. The van der Waals surface area contributed by atoms with E-state index < -0.39 is 5.41 Å². The fourth-order valence-electron chi connectivity index (χ4n) is 8.30. The fraction of sp³-hybridized carbons (Fsp3) is 0.0408. The Balaban J connectivity index is 1.21. The molecule has 3 heterocycles. The zero-order chi connectivity index (χ0) is 36.2. The molecule has 3 nitrogen and oxygen atoms in total. The van der Waals surface area contributed by atoms with Gasteiger partial charge in [0.05, 0.1) is 5.41 Å². The first-order valence-corrected chi connectivity index (χ1v) is 19.8. The molecule has 0 unspecified atom stereocenters. The van der Waals surface area contributed by atoms with E-state index in [-0.39, 0.29) is 0 Å². The molecule has 256 valence electrons. The molecule has 0 N–H and O–H groups in total. The molecule has 6 aromatic carbocycles. The molecule has 54 heavy (non-hydrogen) atoms. The van der Waals surface area contributed by atoms with Crippen LogP contribution in [0.25, 0.3) is 60.9 Å². The molecule has 0 fully saturated rings. The second kappa shape index (κ2) is 13.1. The average molecular weight is 728 g/mol. The fourth-order valence-corrected chi connectivity index (χ4v) is 10.3. The van der Waals surface area contributed by atoms with Gasteiger partial charge in [-0.05, 0) is 92.5 Å². The second-order valence-corrected chi connectivity index (χ2v) is 15.6. The van der Waals surface area contributed by atoms with Crippen LogP contribution in [-0.2, 0) is 5.41 Å². The Kier molecular flexibility index (Phi) is 7.86. The zero-order valence-electron chi connectivity index (χ0n) is 29.5. The lowest BCUT2D eigenvalue weighted by molar-refractivity contribution is 0.718. The van der Waals surface area contributed by atoms with Crippen molar-refractivity contribution in [1.29, 1.82) is 0 Å². The van der Waals surface area contributed by atoms with E-state index in [4.69, 9.17) is 15.0 Å². The molecule has 5 heteroatoms. The Hall–Kier alpha value is -6.14. The van der Waals surface area contributed by atoms with Gasteiger partial charge in [0.25, 0.3) is 0 Å². The van der Waals surface area contributed by atoms with Crippen molar-refractivity contribution in [1.82, 2.24) is 15.0 Å². The van der Waals surface area contributed by atoms with Gasteiger partial charge in [0.15, 0.2) is 17.5 Å². The summed E-state index contributed by atoms with van der Waals surface area (Å²) < 4.78 is 1.29. The van der Waals surface area contributed by atoms with E-state index in [1.807, 2.05) is 36.0 Å². The molecule has 2 aromatic heterocycles. The van der Waals surface area contributed by atoms with Gasteiger partial charge in [0.1, 0.15) is 0 Å². The molecule has 10 rings (SSSR count). The van der Waals surface area contributed by atoms with Crippen molar-refractivity contribution in [3.63, 3.8) is 0 Å². The van der Waals surface area contributed by atoms with E-state index >= 15 is 0 Å². The highest BCUT2D eigenvalue weighted by molar-refractivity contribution is 7.99. The van der Waals surface area contributed by atoms with Crippen molar-refractivity contribution in [3.8, 4) is 45.3 Å². The number of hydrogen-bond acceptors (Lipinski definition) is 5. The predicted octanol–water partition coefficient (Wildman–Crippen LogP) is 13.1. The lowest BCUT2D eigenvalue weighted by Gasteiger charge is -2.40. The second-order valence-electron chi connectivity index (χ2n) is 13.5. The summed E-state index contributed by atoms with van der Waals surface area (Å²) in [5.74, 6) is 1.92. The third-order valence-corrected chi connectivity index (χ3v) is 12.6. The SMILES string of the molecule is C=CC1=C(/C=C\C)c2cc3ccsc3cc2[C@]12c1ccccc1Sc1cc(-c3nc(-c4ccccc4)nc(-c4ccccc4-c4ccccc4)n3)ccc12. The van der Waals surface area contributed by atoms with Crippen molar-refractivity contribution in [2.45, 2.75) is 22.1 Å². The summed E-state index contributed by atoms with van der Waals surface area (Å²) in [5, 5.41) is 3.46. The van der Waals surface area contributed by atoms with Crippen molar-refractivity contribution in [3.05, 3.63) is 204 Å². The number of rotatable bonds is 6. The molecular formula is C49H33N3S2. The van der Waals surface area contributed by atoms with Gasteiger partial charge in [-0.15, -0.1) is 11.3 Å². The van der Waals surface area contributed by atoms with Gasteiger partial charge in [-0.2, -0.15) is 0 Å². The molecule has 1 atom stereocenters. The highest BCUT2D eigenvalue weighted by atomic mass is 32.2. The Morgan fingerprint density at radius 2 is 1.22 bits per heavy atom. The minimum Gasteiger partial charge on any atom is -0.208 e. The van der Waals surface area contributed by atoms with E-state index in [2.05, 4.69) is 158 Å². The molecule has 0 amide bonds. The first-order valence-electron chi connectivity index (χ1n) is 18.1. The van der Waals surface area contributed by atoms with Crippen LogP contribution < -0.4 is 0 Å². The number of nitrogens with zero attached hydrogens (tertiary/aromatic N) is 3. The van der Waals surface area contributed by atoms with E-state index in [9.17, 15) is 0 Å². The summed E-state index contributed by atoms with van der Waals surface area (Å²) in [6, 6.07) is 51.7. The van der Waals surface area contributed by atoms with Crippen LogP contribution in [0.15, 0.2) is 191 Å². The Labute approximate surface area is 323 Å². The van der Waals surface area contributed by atoms with Gasteiger partial charge in [-0.25, -0.2) is 15.0 Å². The molecule has 1 aliphatic carbocycles. The van der Waals surface area contributed by atoms with Crippen LogP contribution in [0.3, 0.4) is 0 Å². The van der Waals surface area contributed by atoms with Crippen LogP contribution in [0.1, 0.15) is 29.2 Å². The van der Waals surface area contributed by atoms with Crippen molar-refractivity contribution < 1.29 is 0 Å². The standard InChI is InChI=1S/C49H33N3S2/c1-3-15-36-38-28-33-26-27-53-44(33)30-42(38)49(39(36)4-2)40-22-13-14-23-43(40)54-45-29-34(24-25-41(45)49)47-50-46(32-18-9-6-10-19-32)51-48(52-47)37-21-12-11-20-35(37)31-16-7-5-8-17-31/h3-30H,2H2,1H3/b15-3-/t49-/m0/s1. The number of hydrogen-bond donors (Lipinski definition) is 0. The van der Waals surface area contributed by atoms with Crippen LogP contribution in [0, 0.1) is 0 Å². The van der Waals surface area contributed by atoms with Crippen LogP contribution in [0.5, 0.6) is 0 Å². The van der Waals surface area contributed by atoms with E-state index in [1.165, 1.54) is 53.3 Å². The lowest BCUT2D eigenvalue weighted by Crippen LogP contribution is -2.32. The first-order chi connectivity index (χ1) is 26.7. The lowest BCUT2D eigenvalue weighted by atomic mass is 9.66. The molecule has 0 saturated heterocycles. The third kappa shape index (κ3) is 5.00. The van der Waals surface area contributed by atoms with Gasteiger partial charge >= 0.3 is 0 Å². The molecule has 1 aliphatic heterocycles. The zero-order valence-corrected chi connectivity index (χ0v) is 31.2. The largest absolute Gasteiger partial charge is 0.208 e. The van der Waals surface area contributed by atoms with Gasteiger partial charge in [-0.1, -0.05) is 152 Å². The van der Waals surface area contributed by atoms with Gasteiger partial charge in [0.2, 0.25) is 0 Å². The smallest absolute Gasteiger partial charge is 0.164 e. The highest BCUT2D eigenvalue weighted by Crippen LogP contribution is 2.62. The quantitative estimate of drug-likeness (QED) is 0.171. The molecule has 0 bridgehead atoms. The van der Waals surface area contributed by atoms with Crippen molar-refractivity contribution in [2.75, 3.05) is 0 Å². The Bertz CT molecular complexity index is 2830. The average Bonchev–Trinajstić information content (AvgIpc) is 3.80. The topological polar surface area (TPSA) is 38.7 Å². The normalized spacial score (nSPS) is 15.8. The van der Waals surface area contributed by atoms with Crippen molar-refractivity contribution >= 4 is 38.8 Å². The maximum absolute atomic E-state index is 5.23. The van der Waals surface area contributed by atoms with Crippen LogP contribution in [0.2, 0.25) is 0 Å². The van der Waals surface area contributed by atoms with Crippen molar-refractivity contribution in [2.24, 2.45) is 0 Å². The van der Waals surface area contributed by atoms with Gasteiger partial charge < -0.3 is 0 Å². The van der Waals surface area contributed by atoms with Crippen LogP contribution >= 0.6 is 23.1 Å². The maximum Gasteiger partial charge on any atom is 0.164 e. The summed E-state index contributed by atoms with van der Waals surface area (Å²) in [7, 11) is 0. The monoisotopic (exact) mass is 727 g/mol. The van der Waals surface area contributed by atoms with Crippen LogP contribution in [0.4, 0.5) is 0 Å². The van der Waals surface area contributed by atoms with E-state index in [0.29, 0.717) is 17.5 Å². The molecule has 1 spiro atoms. The summed E-state index contributed by atoms with van der Waals surface area (Å²) in [4.78, 5) is 17.9. The third-order valence-electron chi connectivity index (χ3n) is 10.6. The Morgan fingerprint density at radius 1 is 0.556 bits per heavy atom. The highest BCUT2D eigenvalue weighted by Gasteiger charge is 2.50. The first kappa shape index (κ1) is 32.5. The summed E-state index contributed by atoms with van der Waals surface area (Å²) in [6.45, 7) is 6.55. The maximum atomic E-state index is 5.23. The molecular weight excluding hydrogens is 695 g/mol. The Morgan fingerprint density at radius 3 is 2.00 bits per heavy atom. The molecule has 8 aromatic rings. The number of thiophene rings is 1. The van der Waals surface area contributed by atoms with E-state index in [0.717, 1.165) is 27.8 Å². The molecule has 0 saturated carbocycles. The molecule has 0 radical (unpaired) electrons. The summed E-state index contributed by atoms with van der Waals surface area (Å²) >= 11 is 3.61. The number of benzene rings is 6. The molecule has 2 aliphatic rings.